The highest BCUT2D eigenvalue weighted by molar-refractivity contribution is 9.10. The van der Waals surface area contributed by atoms with Crippen molar-refractivity contribution in [2.24, 2.45) is 0 Å². The third-order valence-electron chi connectivity index (χ3n) is 2.21. The van der Waals surface area contributed by atoms with Crippen molar-refractivity contribution in [2.45, 2.75) is 12.7 Å². The summed E-state index contributed by atoms with van der Waals surface area (Å²) >= 11 is 15.1. The van der Waals surface area contributed by atoms with E-state index in [-0.39, 0.29) is 0 Å². The van der Waals surface area contributed by atoms with Gasteiger partial charge in [0.1, 0.15) is 10.3 Å². The van der Waals surface area contributed by atoms with Crippen LogP contribution >= 0.6 is 39.1 Å². The third-order valence-corrected chi connectivity index (χ3v) is 3.62. The fraction of sp³-hybridized carbons (Fsp3) is 0.444. The van der Waals surface area contributed by atoms with E-state index in [1.165, 1.54) is 0 Å². The number of nitrogens with zero attached hydrogens (tertiary/aromatic N) is 1. The largest absolute Gasteiger partial charge is 0.344 e. The van der Waals surface area contributed by atoms with Crippen LogP contribution < -0.4 is 0 Å². The van der Waals surface area contributed by atoms with Crippen molar-refractivity contribution >= 4 is 39.1 Å². The Balaban J connectivity index is 2.48. The first-order valence-electron chi connectivity index (χ1n) is 4.33. The molecule has 0 aromatic carbocycles. The maximum Gasteiger partial charge on any atom is 0.195 e. The zero-order valence-corrected chi connectivity index (χ0v) is 11.0. The van der Waals surface area contributed by atoms with E-state index in [1.807, 2.05) is 6.92 Å². The van der Waals surface area contributed by atoms with Crippen LogP contribution in [-0.4, -0.2) is 18.2 Å². The van der Waals surface area contributed by atoms with Crippen molar-refractivity contribution in [3.63, 3.8) is 0 Å². The van der Waals surface area contributed by atoms with E-state index >= 15 is 0 Å². The molecule has 3 nitrogen and oxygen atoms in total. The minimum atomic E-state index is -0.822. The molecule has 15 heavy (non-hydrogen) atoms. The second kappa shape index (κ2) is 4.18. The van der Waals surface area contributed by atoms with Gasteiger partial charge in [-0.05, 0) is 28.9 Å². The molecule has 2 heterocycles. The summed E-state index contributed by atoms with van der Waals surface area (Å²) in [5, 5.41) is 0.623. The number of halogens is 3. The highest BCUT2D eigenvalue weighted by atomic mass is 79.9. The fourth-order valence-corrected chi connectivity index (χ4v) is 2.24. The third kappa shape index (κ3) is 2.15. The lowest BCUT2D eigenvalue weighted by atomic mass is 10.1. The van der Waals surface area contributed by atoms with Crippen LogP contribution in [0.1, 0.15) is 12.5 Å². The summed E-state index contributed by atoms with van der Waals surface area (Å²) in [6.45, 7) is 2.91. The maximum atomic E-state index is 5.99. The lowest BCUT2D eigenvalue weighted by molar-refractivity contribution is -0.149. The predicted octanol–water partition coefficient (Wildman–Crippen LogP) is 3.37. The van der Waals surface area contributed by atoms with Gasteiger partial charge in [-0.1, -0.05) is 23.2 Å². The molecule has 1 saturated heterocycles. The molecule has 1 aromatic rings. The summed E-state index contributed by atoms with van der Waals surface area (Å²) < 4.78 is 11.7. The minimum absolute atomic E-state index is 0.299. The van der Waals surface area contributed by atoms with Gasteiger partial charge in [0.2, 0.25) is 0 Å². The lowest BCUT2D eigenvalue weighted by Crippen LogP contribution is -2.23. The molecule has 1 aliphatic rings. The molecule has 6 heteroatoms. The molecular weight excluding hydrogens is 305 g/mol. The Morgan fingerprint density at radius 1 is 1.33 bits per heavy atom. The van der Waals surface area contributed by atoms with Gasteiger partial charge in [0.05, 0.1) is 17.7 Å². The van der Waals surface area contributed by atoms with E-state index in [9.17, 15) is 0 Å². The Labute approximate surface area is 106 Å². The van der Waals surface area contributed by atoms with Crippen molar-refractivity contribution in [3.05, 3.63) is 26.4 Å². The van der Waals surface area contributed by atoms with Gasteiger partial charge in [0.25, 0.3) is 0 Å². The van der Waals surface area contributed by atoms with Crippen molar-refractivity contribution in [2.75, 3.05) is 13.2 Å². The molecule has 0 bridgehead atoms. The van der Waals surface area contributed by atoms with E-state index in [4.69, 9.17) is 32.7 Å². The predicted molar refractivity (Wildman–Crippen MR) is 61.2 cm³/mol. The van der Waals surface area contributed by atoms with Gasteiger partial charge in [-0.2, -0.15) is 0 Å². The zero-order chi connectivity index (χ0) is 11.1. The normalized spacial score (nSPS) is 19.5. The van der Waals surface area contributed by atoms with Gasteiger partial charge >= 0.3 is 0 Å². The SMILES string of the molecule is CC1(c2cc(Br)c(Cl)nc2Cl)OCCO1. The zero-order valence-electron chi connectivity index (χ0n) is 7.89. The van der Waals surface area contributed by atoms with E-state index in [0.29, 0.717) is 33.6 Å². The Morgan fingerprint density at radius 2 is 1.93 bits per heavy atom. The Morgan fingerprint density at radius 3 is 2.53 bits per heavy atom. The number of rotatable bonds is 1. The second-order valence-corrected chi connectivity index (χ2v) is 4.81. The van der Waals surface area contributed by atoms with Gasteiger partial charge in [-0.15, -0.1) is 0 Å². The van der Waals surface area contributed by atoms with Gasteiger partial charge in [-0.25, -0.2) is 4.98 Å². The summed E-state index contributed by atoms with van der Waals surface area (Å²) in [5.41, 5.74) is 0.679. The molecular formula is C9H8BrCl2NO2. The smallest absolute Gasteiger partial charge is 0.195 e. The van der Waals surface area contributed by atoms with Crippen LogP contribution in [-0.2, 0) is 15.3 Å². The number of pyridine rings is 1. The summed E-state index contributed by atoms with van der Waals surface area (Å²) in [6, 6.07) is 1.77. The highest BCUT2D eigenvalue weighted by Gasteiger charge is 2.36. The lowest BCUT2D eigenvalue weighted by Gasteiger charge is -2.23. The topological polar surface area (TPSA) is 31.4 Å². The van der Waals surface area contributed by atoms with Crippen LogP contribution in [0.25, 0.3) is 0 Å². The molecule has 0 atom stereocenters. The Kier molecular flexibility index (Phi) is 3.24. The van der Waals surface area contributed by atoms with Crippen molar-refractivity contribution in [3.8, 4) is 0 Å². The molecule has 0 saturated carbocycles. The molecule has 1 fully saturated rings. The Hall–Kier alpha value is 0.130. The monoisotopic (exact) mass is 311 g/mol. The molecule has 0 N–H and O–H groups in total. The number of ether oxygens (including phenoxy) is 2. The molecule has 1 aromatic heterocycles. The van der Waals surface area contributed by atoms with Crippen LogP contribution in [0.2, 0.25) is 10.3 Å². The summed E-state index contributed by atoms with van der Waals surface area (Å²) in [6.07, 6.45) is 0. The van der Waals surface area contributed by atoms with Crippen LogP contribution in [0, 0.1) is 0 Å². The fourth-order valence-electron chi connectivity index (χ4n) is 1.43. The summed E-state index contributed by atoms with van der Waals surface area (Å²) in [7, 11) is 0. The highest BCUT2D eigenvalue weighted by Crippen LogP contribution is 2.37. The first-order valence-corrected chi connectivity index (χ1v) is 5.88. The molecule has 0 unspecified atom stereocenters. The van der Waals surface area contributed by atoms with Gasteiger partial charge in [-0.3, -0.25) is 0 Å². The molecule has 1 aliphatic heterocycles. The molecule has 2 rings (SSSR count). The van der Waals surface area contributed by atoms with Crippen LogP contribution in [0.15, 0.2) is 10.5 Å². The second-order valence-electron chi connectivity index (χ2n) is 3.24. The molecule has 0 spiro atoms. The summed E-state index contributed by atoms with van der Waals surface area (Å²) in [5.74, 6) is -0.822. The standard InChI is InChI=1S/C9H8BrCl2NO2/c1-9(14-2-3-15-9)5-4-6(10)8(12)13-7(5)11/h4H,2-3H2,1H3. The number of aromatic nitrogens is 1. The molecule has 0 amide bonds. The van der Waals surface area contributed by atoms with Gasteiger partial charge in [0, 0.05) is 5.56 Å². The average Bonchev–Trinajstić information content (AvgIpc) is 2.60. The van der Waals surface area contributed by atoms with E-state index in [0.717, 1.165) is 0 Å². The number of hydrogen-bond donors (Lipinski definition) is 0. The van der Waals surface area contributed by atoms with Crippen LogP contribution in [0.4, 0.5) is 0 Å². The average molecular weight is 313 g/mol. The van der Waals surface area contributed by atoms with Crippen molar-refractivity contribution in [1.29, 1.82) is 0 Å². The number of hydrogen-bond acceptors (Lipinski definition) is 3. The van der Waals surface area contributed by atoms with E-state index in [1.54, 1.807) is 6.07 Å². The van der Waals surface area contributed by atoms with Gasteiger partial charge < -0.3 is 9.47 Å². The molecule has 82 valence electrons. The van der Waals surface area contributed by atoms with E-state index < -0.39 is 5.79 Å². The Bertz CT molecular complexity index is 394. The first-order chi connectivity index (χ1) is 7.03. The maximum absolute atomic E-state index is 5.99. The summed E-state index contributed by atoms with van der Waals surface area (Å²) in [4.78, 5) is 3.99. The minimum Gasteiger partial charge on any atom is -0.344 e. The van der Waals surface area contributed by atoms with Crippen molar-refractivity contribution < 1.29 is 9.47 Å². The molecule has 0 radical (unpaired) electrons. The van der Waals surface area contributed by atoms with Crippen LogP contribution in [0.3, 0.4) is 0 Å². The van der Waals surface area contributed by atoms with E-state index in [2.05, 4.69) is 20.9 Å². The van der Waals surface area contributed by atoms with Gasteiger partial charge in [0.15, 0.2) is 5.79 Å². The van der Waals surface area contributed by atoms with Crippen molar-refractivity contribution in [1.82, 2.24) is 4.98 Å². The first kappa shape index (κ1) is 11.6. The van der Waals surface area contributed by atoms with Crippen LogP contribution in [0.5, 0.6) is 0 Å². The molecule has 0 aliphatic carbocycles. The quantitative estimate of drug-likeness (QED) is 0.745.